The maximum atomic E-state index is 13.7. The van der Waals surface area contributed by atoms with E-state index in [2.05, 4.69) is 28.3 Å². The summed E-state index contributed by atoms with van der Waals surface area (Å²) in [6.07, 6.45) is 3.59. The fraction of sp³-hybridized carbons (Fsp3) is 0.150. The Morgan fingerprint density at radius 2 is 1.74 bits per heavy atom. The Balaban J connectivity index is 1.57. The molecule has 1 atom stereocenters. The molecule has 1 aliphatic heterocycles. The first-order valence-corrected chi connectivity index (χ1v) is 8.49. The van der Waals surface area contributed by atoms with Crippen molar-refractivity contribution in [3.05, 3.63) is 77.6 Å². The summed E-state index contributed by atoms with van der Waals surface area (Å²) in [5.74, 6) is -1.90. The number of amides is 1. The Hall–Kier alpha value is -3.35. The highest BCUT2D eigenvalue weighted by Crippen LogP contribution is 2.36. The molecule has 4 rings (SSSR count). The number of halogens is 2. The lowest BCUT2D eigenvalue weighted by Gasteiger charge is -2.22. The zero-order chi connectivity index (χ0) is 19.0. The minimum atomic E-state index is -0.844. The van der Waals surface area contributed by atoms with Crippen molar-refractivity contribution in [1.82, 2.24) is 9.97 Å². The summed E-state index contributed by atoms with van der Waals surface area (Å²) in [5, 5.41) is 2.23. The Kier molecular flexibility index (Phi) is 4.27. The van der Waals surface area contributed by atoms with Crippen molar-refractivity contribution in [3.8, 4) is 0 Å². The van der Waals surface area contributed by atoms with Gasteiger partial charge < -0.3 is 10.2 Å². The van der Waals surface area contributed by atoms with Gasteiger partial charge in [0, 0.05) is 24.1 Å². The highest BCUT2D eigenvalue weighted by molar-refractivity contribution is 6.04. The number of benzene rings is 2. The van der Waals surface area contributed by atoms with Gasteiger partial charge in [0.05, 0.1) is 5.56 Å². The number of rotatable bonds is 3. The Labute approximate surface area is 154 Å². The van der Waals surface area contributed by atoms with E-state index in [0.29, 0.717) is 5.95 Å². The predicted octanol–water partition coefficient (Wildman–Crippen LogP) is 4.09. The topological polar surface area (TPSA) is 58.1 Å². The second kappa shape index (κ2) is 6.75. The molecule has 3 aromatic rings. The Morgan fingerprint density at radius 3 is 2.44 bits per heavy atom. The third kappa shape index (κ3) is 3.12. The summed E-state index contributed by atoms with van der Waals surface area (Å²) in [6, 6.07) is 11.6. The highest BCUT2D eigenvalue weighted by Gasteiger charge is 2.28. The third-order valence-electron chi connectivity index (χ3n) is 4.52. The van der Waals surface area contributed by atoms with Crippen LogP contribution in [0.1, 0.15) is 22.8 Å². The highest BCUT2D eigenvalue weighted by atomic mass is 19.1. The van der Waals surface area contributed by atoms with Gasteiger partial charge in [0.2, 0.25) is 5.95 Å². The maximum Gasteiger partial charge on any atom is 0.258 e. The number of hydrogen-bond acceptors (Lipinski definition) is 4. The number of nitrogens with one attached hydrogen (secondary N) is 1. The van der Waals surface area contributed by atoms with E-state index in [1.807, 2.05) is 23.1 Å². The molecule has 0 saturated carbocycles. The molecule has 2 heterocycles. The van der Waals surface area contributed by atoms with Crippen molar-refractivity contribution in [1.29, 1.82) is 0 Å². The molecule has 7 heteroatoms. The monoisotopic (exact) mass is 366 g/mol. The van der Waals surface area contributed by atoms with Crippen LogP contribution in [0.3, 0.4) is 0 Å². The van der Waals surface area contributed by atoms with Crippen molar-refractivity contribution in [2.45, 2.75) is 19.4 Å². The summed E-state index contributed by atoms with van der Waals surface area (Å²) in [7, 11) is 0. The number of hydrogen-bond donors (Lipinski definition) is 1. The molecule has 1 amide bonds. The molecule has 0 saturated heterocycles. The number of aromatic nitrogens is 2. The third-order valence-corrected chi connectivity index (χ3v) is 4.52. The van der Waals surface area contributed by atoms with E-state index in [-0.39, 0.29) is 11.6 Å². The quantitative estimate of drug-likeness (QED) is 0.759. The first-order valence-electron chi connectivity index (χ1n) is 8.49. The Bertz CT molecular complexity index is 987. The minimum Gasteiger partial charge on any atom is -0.317 e. The van der Waals surface area contributed by atoms with E-state index in [0.717, 1.165) is 24.2 Å². The van der Waals surface area contributed by atoms with E-state index >= 15 is 0 Å². The van der Waals surface area contributed by atoms with Gasteiger partial charge in [-0.2, -0.15) is 0 Å². The van der Waals surface area contributed by atoms with Crippen LogP contribution in [-0.4, -0.2) is 21.9 Å². The second-order valence-electron chi connectivity index (χ2n) is 6.37. The number of carbonyl (C=O) groups is 1. The van der Waals surface area contributed by atoms with Crippen LogP contribution in [0.2, 0.25) is 0 Å². The van der Waals surface area contributed by atoms with Crippen LogP contribution in [0.15, 0.2) is 54.9 Å². The van der Waals surface area contributed by atoms with Crippen molar-refractivity contribution >= 4 is 23.2 Å². The smallest absolute Gasteiger partial charge is 0.258 e. The molecule has 1 unspecified atom stereocenters. The normalized spacial score (nSPS) is 15.5. The molecule has 0 radical (unpaired) electrons. The largest absolute Gasteiger partial charge is 0.317 e. The van der Waals surface area contributed by atoms with Gasteiger partial charge in [0.15, 0.2) is 0 Å². The van der Waals surface area contributed by atoms with Gasteiger partial charge in [-0.3, -0.25) is 4.79 Å². The van der Waals surface area contributed by atoms with Gasteiger partial charge in [0.25, 0.3) is 5.91 Å². The number of nitrogens with zero attached hydrogens (tertiary/aromatic N) is 3. The zero-order valence-corrected chi connectivity index (χ0v) is 14.5. The summed E-state index contributed by atoms with van der Waals surface area (Å²) in [5.41, 5.74) is 1.87. The molecule has 0 fully saturated rings. The van der Waals surface area contributed by atoms with Gasteiger partial charge in [-0.05, 0) is 37.1 Å². The van der Waals surface area contributed by atoms with Gasteiger partial charge in [0.1, 0.15) is 17.3 Å². The van der Waals surface area contributed by atoms with Crippen LogP contribution >= 0.6 is 0 Å². The fourth-order valence-electron chi connectivity index (χ4n) is 3.24. The van der Waals surface area contributed by atoms with E-state index in [1.54, 1.807) is 0 Å². The summed E-state index contributed by atoms with van der Waals surface area (Å²) >= 11 is 0. The molecule has 0 spiro atoms. The summed E-state index contributed by atoms with van der Waals surface area (Å²) in [6.45, 7) is 2.07. The van der Waals surface area contributed by atoms with E-state index in [9.17, 15) is 13.6 Å². The van der Waals surface area contributed by atoms with Crippen molar-refractivity contribution in [3.63, 3.8) is 0 Å². The number of para-hydroxylation sites is 2. The molecule has 2 aromatic carbocycles. The SMILES string of the molecule is CC1Cc2ccccc2N1c1ncc(C(=O)Nc2c(F)cccc2F)cn1. The summed E-state index contributed by atoms with van der Waals surface area (Å²) < 4.78 is 27.4. The van der Waals surface area contributed by atoms with Crippen LogP contribution in [0.5, 0.6) is 0 Å². The molecule has 27 heavy (non-hydrogen) atoms. The van der Waals surface area contributed by atoms with Crippen LogP contribution in [-0.2, 0) is 6.42 Å². The van der Waals surface area contributed by atoms with Crippen molar-refractivity contribution in [2.75, 3.05) is 10.2 Å². The van der Waals surface area contributed by atoms with Gasteiger partial charge in [-0.1, -0.05) is 24.3 Å². The molecule has 1 aromatic heterocycles. The second-order valence-corrected chi connectivity index (χ2v) is 6.37. The molecule has 5 nitrogen and oxygen atoms in total. The molecular formula is C20H16F2N4O. The van der Waals surface area contributed by atoms with Crippen LogP contribution in [0.4, 0.5) is 26.1 Å². The first kappa shape index (κ1) is 17.1. The number of anilines is 3. The fourth-order valence-corrected chi connectivity index (χ4v) is 3.24. The number of carbonyl (C=O) groups excluding carboxylic acids is 1. The van der Waals surface area contributed by atoms with E-state index < -0.39 is 23.2 Å². The standard InChI is InChI=1S/C20H16F2N4O/c1-12-9-13-5-2-3-8-17(13)26(12)20-23-10-14(11-24-20)19(27)25-18-15(21)6-4-7-16(18)22/h2-8,10-12H,9H2,1H3,(H,25,27). The molecule has 136 valence electrons. The zero-order valence-electron chi connectivity index (χ0n) is 14.5. The van der Waals surface area contributed by atoms with Gasteiger partial charge in [-0.15, -0.1) is 0 Å². The average molecular weight is 366 g/mol. The molecule has 0 aliphatic carbocycles. The van der Waals surface area contributed by atoms with Crippen molar-refractivity contribution < 1.29 is 13.6 Å². The lowest BCUT2D eigenvalue weighted by molar-refractivity contribution is 0.102. The minimum absolute atomic E-state index is 0.113. The molecule has 0 bridgehead atoms. The first-order chi connectivity index (χ1) is 13.0. The lowest BCUT2D eigenvalue weighted by Crippen LogP contribution is -2.26. The van der Waals surface area contributed by atoms with Crippen LogP contribution < -0.4 is 10.2 Å². The number of fused-ring (bicyclic) bond motifs is 1. The molecular weight excluding hydrogens is 350 g/mol. The van der Waals surface area contributed by atoms with Crippen LogP contribution in [0.25, 0.3) is 0 Å². The average Bonchev–Trinajstić information content (AvgIpc) is 3.00. The van der Waals surface area contributed by atoms with E-state index in [1.165, 1.54) is 24.0 Å². The van der Waals surface area contributed by atoms with E-state index in [4.69, 9.17) is 0 Å². The lowest BCUT2D eigenvalue weighted by atomic mass is 10.1. The summed E-state index contributed by atoms with van der Waals surface area (Å²) in [4.78, 5) is 22.9. The predicted molar refractivity (Wildman–Crippen MR) is 98.1 cm³/mol. The Morgan fingerprint density at radius 1 is 1.07 bits per heavy atom. The van der Waals surface area contributed by atoms with Crippen LogP contribution in [0, 0.1) is 11.6 Å². The van der Waals surface area contributed by atoms with Crippen molar-refractivity contribution in [2.24, 2.45) is 0 Å². The van der Waals surface area contributed by atoms with Gasteiger partial charge in [-0.25, -0.2) is 18.7 Å². The molecule has 1 N–H and O–H groups in total. The maximum absolute atomic E-state index is 13.7. The van der Waals surface area contributed by atoms with Gasteiger partial charge >= 0.3 is 0 Å². The molecule has 1 aliphatic rings.